The Bertz CT molecular complexity index is 2060. The topological polar surface area (TPSA) is 361 Å². The number of primary amides is 1. The second-order valence-electron chi connectivity index (χ2n) is 22.3. The van der Waals surface area contributed by atoms with Crippen molar-refractivity contribution in [1.29, 1.82) is 0 Å². The van der Waals surface area contributed by atoms with Crippen LogP contribution >= 0.6 is 0 Å². The predicted octanol–water partition coefficient (Wildman–Crippen LogP) is 4.54. The molecule has 488 valence electrons. The Labute approximate surface area is 509 Å². The molecule has 1 saturated carbocycles. The number of hydrogen-bond donors (Lipinski definition) is 11. The van der Waals surface area contributed by atoms with Gasteiger partial charge in [-0.05, 0) is 94.2 Å². The zero-order chi connectivity index (χ0) is 62.8. The Hall–Kier alpha value is -5.79. The highest BCUT2D eigenvalue weighted by Gasteiger charge is 2.30. The Balaban J connectivity index is 1.37. The number of hydrogen-bond acceptors (Lipinski definition) is 16. The minimum absolute atomic E-state index is 0.0606. The normalized spacial score (nSPS) is 15.0. The number of aromatic hydroxyl groups is 1. The Kier molecular flexibility index (Phi) is 44.6. The van der Waals surface area contributed by atoms with Crippen molar-refractivity contribution < 1.29 is 77.4 Å². The number of ether oxygens (including phenoxy) is 4. The predicted molar refractivity (Wildman–Crippen MR) is 323 cm³/mol. The van der Waals surface area contributed by atoms with Crippen molar-refractivity contribution in [2.45, 2.75) is 198 Å². The summed E-state index contributed by atoms with van der Waals surface area (Å²) in [5.41, 5.74) is 6.27. The van der Waals surface area contributed by atoms with Crippen LogP contribution in [-0.2, 0) is 68.5 Å². The molecule has 0 spiro atoms. The van der Waals surface area contributed by atoms with Crippen LogP contribution in [0.15, 0.2) is 24.3 Å². The zero-order valence-electron chi connectivity index (χ0n) is 51.0. The van der Waals surface area contributed by atoms with Crippen molar-refractivity contribution in [1.82, 2.24) is 37.2 Å². The molecule has 6 amide bonds. The lowest BCUT2D eigenvalue weighted by molar-refractivity contribution is -0.143. The molecule has 1 fully saturated rings. The molecular weight excluding hydrogens is 1110 g/mol. The average Bonchev–Trinajstić information content (AvgIpc) is 3.70. The van der Waals surface area contributed by atoms with Crippen LogP contribution in [-0.4, -0.2) is 172 Å². The largest absolute Gasteiger partial charge is 0.508 e. The van der Waals surface area contributed by atoms with E-state index in [0.717, 1.165) is 56.9 Å². The number of carbonyl (C=O) groups excluding carboxylic acids is 7. The van der Waals surface area contributed by atoms with Crippen LogP contribution in [0.3, 0.4) is 0 Å². The van der Waals surface area contributed by atoms with Crippen LogP contribution in [0.4, 0.5) is 0 Å². The number of aliphatic carboxylic acids is 2. The SMILES string of the molecule is [CH]N[C@@H](CCCCNC(=O)COCCOCCNC(=O)COCCOCCNC(=O)CC[C@H](NC(=O)C1CCC(CNC(=O)CCCCCCCCCCCCCCCCCCC(=O)O)CC1)C(=O)O)C(=O)CN[C@@H](Cc1ccc(O)cc1)C(N)=O. The fourth-order valence-corrected chi connectivity index (χ4v) is 9.85. The van der Waals surface area contributed by atoms with Gasteiger partial charge in [-0.25, -0.2) is 4.79 Å². The molecule has 0 saturated heterocycles. The number of phenols is 1. The minimum Gasteiger partial charge on any atom is -0.508 e. The number of unbranched alkanes of at least 4 members (excludes halogenated alkanes) is 16. The van der Waals surface area contributed by atoms with Gasteiger partial charge in [-0.1, -0.05) is 102 Å². The summed E-state index contributed by atoms with van der Waals surface area (Å²) in [6.07, 6.45) is 23.8. The van der Waals surface area contributed by atoms with E-state index >= 15 is 0 Å². The molecular formula is C62H104N8O16. The van der Waals surface area contributed by atoms with E-state index in [2.05, 4.69) is 37.2 Å². The third kappa shape index (κ3) is 41.3. The standard InChI is InChI=1S/C62H104N8O16/c1-64-51(54(72)44-68-53(60(63)79)42-47-25-29-50(71)30-26-47)20-18-19-33-65-57(75)45-85-40-39-84-37-35-67-58(76)46-86-41-38-83-36-34-66-56(74)32-31-52(62(81)82)70-61(80)49-27-23-48(24-28-49)43-69-55(73)21-16-14-12-10-8-6-4-2-3-5-7-9-11-13-15-17-22-59(77)78/h1,25-26,29-30,48-49,51-53,64,68,71H,2-24,27-28,31-46H2,(H2,63,79)(H,65,75)(H,66,74)(H,67,76)(H,69,73)(H,70,80)(H,77,78)(H,81,82)/t48?,49?,51-,52-,53-/m0/s1. The number of phenolic OH excluding ortho intramolecular Hbond substituents is 1. The van der Waals surface area contributed by atoms with Crippen molar-refractivity contribution in [2.24, 2.45) is 17.6 Å². The van der Waals surface area contributed by atoms with Crippen LogP contribution in [0.2, 0.25) is 0 Å². The number of ketones is 1. The number of benzene rings is 1. The molecule has 0 bridgehead atoms. The lowest BCUT2D eigenvalue weighted by Crippen LogP contribution is -2.48. The van der Waals surface area contributed by atoms with E-state index in [-0.39, 0.29) is 151 Å². The summed E-state index contributed by atoms with van der Waals surface area (Å²) in [4.78, 5) is 109. The molecule has 1 aromatic carbocycles. The smallest absolute Gasteiger partial charge is 0.326 e. The van der Waals surface area contributed by atoms with Gasteiger partial charge in [0.2, 0.25) is 35.4 Å². The molecule has 24 nitrogen and oxygen atoms in total. The number of carbonyl (C=O) groups is 9. The molecule has 1 aromatic rings. The Morgan fingerprint density at radius 3 is 1.52 bits per heavy atom. The van der Waals surface area contributed by atoms with Gasteiger partial charge in [0.25, 0.3) is 0 Å². The molecule has 0 unspecified atom stereocenters. The highest BCUT2D eigenvalue weighted by molar-refractivity contribution is 5.87. The lowest BCUT2D eigenvalue weighted by Gasteiger charge is -2.28. The van der Waals surface area contributed by atoms with Crippen molar-refractivity contribution in [3.8, 4) is 5.75 Å². The highest BCUT2D eigenvalue weighted by Crippen LogP contribution is 2.29. The maximum Gasteiger partial charge on any atom is 0.326 e. The Morgan fingerprint density at radius 1 is 0.523 bits per heavy atom. The molecule has 0 heterocycles. The van der Waals surface area contributed by atoms with Crippen molar-refractivity contribution in [2.75, 3.05) is 85.6 Å². The monoisotopic (exact) mass is 1220 g/mol. The maximum atomic E-state index is 13.0. The summed E-state index contributed by atoms with van der Waals surface area (Å²) < 4.78 is 21.5. The van der Waals surface area contributed by atoms with Gasteiger partial charge in [-0.3, -0.25) is 43.7 Å². The highest BCUT2D eigenvalue weighted by atomic mass is 16.5. The zero-order valence-corrected chi connectivity index (χ0v) is 51.0. The van der Waals surface area contributed by atoms with E-state index in [1.807, 2.05) is 0 Å². The number of carboxylic acid groups (broad SMARTS) is 2. The van der Waals surface area contributed by atoms with E-state index in [0.29, 0.717) is 51.6 Å². The van der Waals surface area contributed by atoms with Gasteiger partial charge in [-0.15, -0.1) is 0 Å². The first-order chi connectivity index (χ1) is 41.6. The summed E-state index contributed by atoms with van der Waals surface area (Å²) >= 11 is 0. The summed E-state index contributed by atoms with van der Waals surface area (Å²) in [6.45, 7) is 1.88. The maximum absolute atomic E-state index is 13.0. The van der Waals surface area contributed by atoms with Gasteiger partial charge in [-0.2, -0.15) is 0 Å². The molecule has 3 atom stereocenters. The van der Waals surface area contributed by atoms with Gasteiger partial charge < -0.3 is 71.9 Å². The van der Waals surface area contributed by atoms with E-state index < -0.39 is 36.0 Å². The van der Waals surface area contributed by atoms with Crippen molar-refractivity contribution in [3.63, 3.8) is 0 Å². The molecule has 2 radical (unpaired) electrons. The first kappa shape index (κ1) is 76.3. The van der Waals surface area contributed by atoms with Crippen LogP contribution in [0, 0.1) is 18.9 Å². The van der Waals surface area contributed by atoms with E-state index in [9.17, 15) is 53.4 Å². The van der Waals surface area contributed by atoms with Gasteiger partial charge in [0.1, 0.15) is 25.0 Å². The third-order valence-corrected chi connectivity index (χ3v) is 15.0. The molecule has 1 aliphatic carbocycles. The summed E-state index contributed by atoms with van der Waals surface area (Å²) in [5.74, 6) is -4.06. The van der Waals surface area contributed by atoms with E-state index in [4.69, 9.17) is 36.8 Å². The van der Waals surface area contributed by atoms with Gasteiger partial charge >= 0.3 is 11.9 Å². The van der Waals surface area contributed by atoms with Crippen LogP contribution in [0.25, 0.3) is 0 Å². The summed E-state index contributed by atoms with van der Waals surface area (Å²) in [7, 11) is 5.60. The number of amides is 6. The third-order valence-electron chi connectivity index (χ3n) is 15.0. The van der Waals surface area contributed by atoms with Crippen LogP contribution in [0.5, 0.6) is 5.75 Å². The first-order valence-electron chi connectivity index (χ1n) is 31.5. The molecule has 1 aliphatic rings. The number of nitrogens with one attached hydrogen (secondary N) is 7. The molecule has 24 heteroatoms. The fraction of sp³-hybridized carbons (Fsp3) is 0.742. The second-order valence-corrected chi connectivity index (χ2v) is 22.3. The Morgan fingerprint density at radius 2 is 1.01 bits per heavy atom. The van der Waals surface area contributed by atoms with Crippen molar-refractivity contribution >= 4 is 53.2 Å². The first-order valence-corrected chi connectivity index (χ1v) is 31.5. The van der Waals surface area contributed by atoms with Gasteiger partial charge in [0.15, 0.2) is 5.78 Å². The summed E-state index contributed by atoms with van der Waals surface area (Å²) in [5, 5.41) is 47.0. The van der Waals surface area contributed by atoms with E-state index in [1.54, 1.807) is 12.1 Å². The minimum atomic E-state index is -1.21. The number of carboxylic acids is 2. The number of Topliss-reactive ketones (excluding diaryl/α,β-unsaturated/α-hetero) is 1. The van der Waals surface area contributed by atoms with Crippen LogP contribution in [0.1, 0.15) is 179 Å². The lowest BCUT2D eigenvalue weighted by atomic mass is 9.81. The second kappa shape index (κ2) is 50.2. The fourth-order valence-electron chi connectivity index (χ4n) is 9.85. The number of rotatable bonds is 56. The molecule has 0 aliphatic heterocycles. The van der Waals surface area contributed by atoms with Crippen LogP contribution < -0.4 is 43.0 Å². The molecule has 86 heavy (non-hydrogen) atoms. The molecule has 2 rings (SSSR count). The molecule has 0 aromatic heterocycles. The quantitative estimate of drug-likeness (QED) is 0.0315. The van der Waals surface area contributed by atoms with E-state index in [1.165, 1.54) is 76.3 Å². The number of nitrogens with two attached hydrogens (primary N) is 1. The summed E-state index contributed by atoms with van der Waals surface area (Å²) in [6, 6.07) is 3.67. The van der Waals surface area contributed by atoms with Crippen molar-refractivity contribution in [3.05, 3.63) is 36.9 Å². The van der Waals surface area contributed by atoms with Gasteiger partial charge in [0.05, 0.1) is 58.3 Å². The molecule has 12 N–H and O–H groups in total. The average molecular weight is 1220 g/mol. The van der Waals surface area contributed by atoms with Gasteiger partial charge in [0, 0.05) is 58.4 Å².